The van der Waals surface area contributed by atoms with Gasteiger partial charge in [-0.25, -0.2) is 0 Å². The number of hydrogen-bond donors (Lipinski definition) is 1. The topological polar surface area (TPSA) is 49.8 Å². The molecular formula is C18H19NO3. The van der Waals surface area contributed by atoms with Crippen molar-refractivity contribution < 1.29 is 14.6 Å². The van der Waals surface area contributed by atoms with Crippen LogP contribution in [0.3, 0.4) is 0 Å². The standard InChI is InChI=1S/C18H19NO3/c1-2-8-18-14-12-9-11(15(20)16(12)22-18)13(14)17(21)19(18)10-6-4-3-5-7-10/h2-7,11-16,20H,1,8-9H2. The van der Waals surface area contributed by atoms with E-state index in [9.17, 15) is 9.90 Å². The average Bonchev–Trinajstić information content (AvgIpc) is 3.17. The summed E-state index contributed by atoms with van der Waals surface area (Å²) in [5.74, 6) is 0.578. The number of nitrogens with zero attached hydrogens (tertiary/aromatic N) is 1. The fourth-order valence-electron chi connectivity index (χ4n) is 5.69. The van der Waals surface area contributed by atoms with Gasteiger partial charge in [-0.3, -0.25) is 9.69 Å². The number of ether oxygens (including phenoxy) is 1. The fraction of sp³-hybridized carbons (Fsp3) is 0.500. The Morgan fingerprint density at radius 3 is 2.86 bits per heavy atom. The minimum Gasteiger partial charge on any atom is -0.390 e. The Bertz CT molecular complexity index is 660. The maximum absolute atomic E-state index is 13.1. The molecule has 4 heteroatoms. The van der Waals surface area contributed by atoms with E-state index in [1.165, 1.54) is 0 Å². The molecule has 2 aliphatic carbocycles. The molecule has 2 heterocycles. The average molecular weight is 297 g/mol. The van der Waals surface area contributed by atoms with E-state index in [0.717, 1.165) is 12.1 Å². The smallest absolute Gasteiger partial charge is 0.233 e. The third kappa shape index (κ3) is 1.22. The Hall–Kier alpha value is -1.65. The van der Waals surface area contributed by atoms with Crippen molar-refractivity contribution in [3.05, 3.63) is 43.0 Å². The van der Waals surface area contributed by atoms with Crippen LogP contribution in [-0.4, -0.2) is 28.9 Å². The van der Waals surface area contributed by atoms with Gasteiger partial charge >= 0.3 is 0 Å². The minimum absolute atomic E-state index is 0.0629. The van der Waals surface area contributed by atoms with Crippen molar-refractivity contribution >= 4 is 11.6 Å². The van der Waals surface area contributed by atoms with Crippen molar-refractivity contribution in [2.24, 2.45) is 23.7 Å². The lowest BCUT2D eigenvalue weighted by atomic mass is 9.76. The molecule has 4 aliphatic rings. The van der Waals surface area contributed by atoms with Gasteiger partial charge in [-0.15, -0.1) is 6.58 Å². The molecule has 4 nitrogen and oxygen atoms in total. The first-order valence-corrected chi connectivity index (χ1v) is 8.05. The van der Waals surface area contributed by atoms with Crippen molar-refractivity contribution in [3.8, 4) is 0 Å². The predicted molar refractivity (Wildman–Crippen MR) is 80.9 cm³/mol. The van der Waals surface area contributed by atoms with E-state index in [4.69, 9.17) is 4.74 Å². The first-order chi connectivity index (χ1) is 10.7. The van der Waals surface area contributed by atoms with Crippen molar-refractivity contribution in [2.45, 2.75) is 30.8 Å². The van der Waals surface area contributed by atoms with Gasteiger partial charge in [0.15, 0.2) is 5.72 Å². The zero-order valence-electron chi connectivity index (χ0n) is 12.3. The normalized spacial score (nSPS) is 47.5. The van der Waals surface area contributed by atoms with Crippen molar-refractivity contribution in [1.29, 1.82) is 0 Å². The number of aliphatic hydroxyl groups is 1. The number of benzene rings is 1. The van der Waals surface area contributed by atoms with Crippen LogP contribution in [0, 0.1) is 23.7 Å². The number of anilines is 1. The summed E-state index contributed by atoms with van der Waals surface area (Å²) >= 11 is 0. The summed E-state index contributed by atoms with van der Waals surface area (Å²) in [6.07, 6.45) is 2.77. The third-order valence-corrected chi connectivity index (χ3v) is 6.25. The van der Waals surface area contributed by atoms with Gasteiger partial charge in [0.2, 0.25) is 5.91 Å². The number of amides is 1. The number of carbonyl (C=O) groups is 1. The van der Waals surface area contributed by atoms with E-state index in [1.807, 2.05) is 41.3 Å². The quantitative estimate of drug-likeness (QED) is 0.868. The van der Waals surface area contributed by atoms with Gasteiger partial charge in [0.05, 0.1) is 18.1 Å². The molecule has 22 heavy (non-hydrogen) atoms. The highest BCUT2D eigenvalue weighted by Crippen LogP contribution is 2.68. The Morgan fingerprint density at radius 1 is 1.36 bits per heavy atom. The number of aliphatic hydroxyl groups excluding tert-OH is 1. The lowest BCUT2D eigenvalue weighted by Crippen LogP contribution is -2.51. The van der Waals surface area contributed by atoms with Crippen LogP contribution < -0.4 is 4.90 Å². The predicted octanol–water partition coefficient (Wildman–Crippen LogP) is 1.95. The Balaban J connectivity index is 1.69. The van der Waals surface area contributed by atoms with Gasteiger partial charge in [0.1, 0.15) is 0 Å². The lowest BCUT2D eigenvalue weighted by molar-refractivity contribution is -0.132. The number of para-hydroxylation sites is 1. The van der Waals surface area contributed by atoms with Gasteiger partial charge in [0, 0.05) is 18.0 Å². The van der Waals surface area contributed by atoms with E-state index in [1.54, 1.807) is 0 Å². The fourth-order valence-corrected chi connectivity index (χ4v) is 5.69. The van der Waals surface area contributed by atoms with Gasteiger partial charge in [-0.1, -0.05) is 24.3 Å². The van der Waals surface area contributed by atoms with E-state index >= 15 is 0 Å². The summed E-state index contributed by atoms with van der Waals surface area (Å²) < 4.78 is 6.39. The Labute approximate surface area is 129 Å². The van der Waals surface area contributed by atoms with Crippen molar-refractivity contribution in [1.82, 2.24) is 0 Å². The second-order valence-corrected chi connectivity index (χ2v) is 7.03. The van der Waals surface area contributed by atoms with Crippen LogP contribution in [0.4, 0.5) is 5.69 Å². The third-order valence-electron chi connectivity index (χ3n) is 6.25. The van der Waals surface area contributed by atoms with Crippen LogP contribution in [0.1, 0.15) is 12.8 Å². The summed E-state index contributed by atoms with van der Waals surface area (Å²) in [4.78, 5) is 15.0. The molecule has 1 N–H and O–H groups in total. The molecule has 7 atom stereocenters. The second kappa shape index (κ2) is 4.00. The number of fused-ring (bicyclic) bond motifs is 2. The molecule has 0 spiro atoms. The molecule has 2 aliphatic heterocycles. The van der Waals surface area contributed by atoms with Gasteiger partial charge in [0.25, 0.3) is 0 Å². The SMILES string of the molecule is C=CCC12OC3C(O)C4CC3C1C4C(=O)N2c1ccccc1. The van der Waals surface area contributed by atoms with E-state index < -0.39 is 11.8 Å². The summed E-state index contributed by atoms with van der Waals surface area (Å²) in [5, 5.41) is 10.5. The van der Waals surface area contributed by atoms with E-state index in [2.05, 4.69) is 6.58 Å². The molecule has 0 aromatic heterocycles. The zero-order valence-corrected chi connectivity index (χ0v) is 12.3. The van der Waals surface area contributed by atoms with Crippen LogP contribution in [-0.2, 0) is 9.53 Å². The molecule has 2 bridgehead atoms. The van der Waals surface area contributed by atoms with Gasteiger partial charge in [-0.2, -0.15) is 0 Å². The number of hydrogen-bond acceptors (Lipinski definition) is 3. The summed E-state index contributed by atoms with van der Waals surface area (Å²) in [6, 6.07) is 9.76. The largest absolute Gasteiger partial charge is 0.390 e. The molecule has 114 valence electrons. The zero-order chi connectivity index (χ0) is 15.1. The highest BCUT2D eigenvalue weighted by Gasteiger charge is 2.78. The molecule has 0 radical (unpaired) electrons. The molecule has 1 amide bonds. The minimum atomic E-state index is -0.646. The maximum Gasteiger partial charge on any atom is 0.233 e. The molecule has 2 saturated heterocycles. The molecule has 2 saturated carbocycles. The Morgan fingerprint density at radius 2 is 2.14 bits per heavy atom. The molecule has 5 rings (SSSR count). The maximum atomic E-state index is 13.1. The number of rotatable bonds is 3. The van der Waals surface area contributed by atoms with Crippen LogP contribution in [0.15, 0.2) is 43.0 Å². The number of carbonyl (C=O) groups excluding carboxylic acids is 1. The Kier molecular flexibility index (Phi) is 2.34. The van der Waals surface area contributed by atoms with Gasteiger partial charge < -0.3 is 9.84 Å². The highest BCUT2D eigenvalue weighted by molar-refractivity contribution is 6.00. The first-order valence-electron chi connectivity index (χ1n) is 8.05. The molecule has 1 aromatic carbocycles. The summed E-state index contributed by atoms with van der Waals surface area (Å²) in [7, 11) is 0. The van der Waals surface area contributed by atoms with E-state index in [-0.39, 0.29) is 29.8 Å². The molecule has 7 unspecified atom stereocenters. The molecule has 1 aromatic rings. The summed E-state index contributed by atoms with van der Waals surface area (Å²) in [5.41, 5.74) is 0.241. The molecule has 4 fully saturated rings. The summed E-state index contributed by atoms with van der Waals surface area (Å²) in [6.45, 7) is 3.88. The van der Waals surface area contributed by atoms with Crippen LogP contribution >= 0.6 is 0 Å². The second-order valence-electron chi connectivity index (χ2n) is 7.03. The van der Waals surface area contributed by atoms with Gasteiger partial charge in [-0.05, 0) is 30.4 Å². The lowest BCUT2D eigenvalue weighted by Gasteiger charge is -2.38. The van der Waals surface area contributed by atoms with Crippen LogP contribution in [0.2, 0.25) is 0 Å². The van der Waals surface area contributed by atoms with Crippen molar-refractivity contribution in [3.63, 3.8) is 0 Å². The van der Waals surface area contributed by atoms with E-state index in [0.29, 0.717) is 12.3 Å². The van der Waals surface area contributed by atoms with Crippen LogP contribution in [0.25, 0.3) is 0 Å². The highest BCUT2D eigenvalue weighted by atomic mass is 16.6. The van der Waals surface area contributed by atoms with Crippen LogP contribution in [0.5, 0.6) is 0 Å². The monoisotopic (exact) mass is 297 g/mol. The molecular weight excluding hydrogens is 278 g/mol. The first kappa shape index (κ1) is 12.9. The van der Waals surface area contributed by atoms with Crippen molar-refractivity contribution in [2.75, 3.05) is 4.90 Å².